The Morgan fingerprint density at radius 2 is 2.09 bits per heavy atom. The highest BCUT2D eigenvalue weighted by atomic mass is 19.1. The molecule has 0 saturated heterocycles. The Hall–Kier alpha value is -3.07. The molecule has 1 saturated carbocycles. The maximum absolute atomic E-state index is 13.9. The molecule has 9 heteroatoms. The van der Waals surface area contributed by atoms with Crippen LogP contribution >= 0.6 is 0 Å². The Labute approximate surface area is 185 Å². The molecule has 2 aliphatic rings. The summed E-state index contributed by atoms with van der Waals surface area (Å²) in [6, 6.07) is 1.79. The highest BCUT2D eigenvalue weighted by molar-refractivity contribution is 5.84. The van der Waals surface area contributed by atoms with Gasteiger partial charge in [0.25, 0.3) is 0 Å². The van der Waals surface area contributed by atoms with E-state index in [-0.39, 0.29) is 12.4 Å². The van der Waals surface area contributed by atoms with Crippen LogP contribution < -0.4 is 10.6 Å². The average molecular weight is 438 g/mol. The molecule has 0 spiro atoms. The number of fused-ring (bicyclic) bond motifs is 1. The largest absolute Gasteiger partial charge is 0.440 e. The molecular formula is C23H28FN7O. The second-order valence-electron chi connectivity index (χ2n) is 8.42. The van der Waals surface area contributed by atoms with Crippen molar-refractivity contribution in [3.8, 4) is 0 Å². The number of anilines is 1. The van der Waals surface area contributed by atoms with Gasteiger partial charge in [0.05, 0.1) is 12.2 Å². The molecule has 0 amide bonds. The maximum atomic E-state index is 13.9. The summed E-state index contributed by atoms with van der Waals surface area (Å²) in [5.41, 5.74) is 2.99. The SMILES string of the molecule is FC1=C(CNc2nccc3oc(CCNCCc4ncc(CC5CC5)[nH]4)nc23)N=CCC1. The summed E-state index contributed by atoms with van der Waals surface area (Å²) in [6.45, 7) is 1.87. The van der Waals surface area contributed by atoms with Crippen LogP contribution in [0.2, 0.25) is 0 Å². The fourth-order valence-electron chi connectivity index (χ4n) is 3.82. The molecule has 3 N–H and O–H groups in total. The molecule has 3 aromatic rings. The second-order valence-corrected chi connectivity index (χ2v) is 8.42. The summed E-state index contributed by atoms with van der Waals surface area (Å²) >= 11 is 0. The number of aliphatic imine (C=N–C) groups is 1. The van der Waals surface area contributed by atoms with E-state index in [1.54, 1.807) is 18.5 Å². The van der Waals surface area contributed by atoms with Crippen molar-refractivity contribution in [3.63, 3.8) is 0 Å². The Kier molecular flexibility index (Phi) is 6.24. The van der Waals surface area contributed by atoms with Gasteiger partial charge in [0.1, 0.15) is 11.7 Å². The number of nitrogens with zero attached hydrogens (tertiary/aromatic N) is 4. The molecule has 0 bridgehead atoms. The molecule has 1 aliphatic carbocycles. The Morgan fingerprint density at radius 3 is 2.97 bits per heavy atom. The van der Waals surface area contributed by atoms with Crippen LogP contribution in [0.3, 0.4) is 0 Å². The monoisotopic (exact) mass is 437 g/mol. The van der Waals surface area contributed by atoms with Crippen molar-refractivity contribution in [1.82, 2.24) is 25.3 Å². The highest BCUT2D eigenvalue weighted by Gasteiger charge is 2.22. The molecule has 8 nitrogen and oxygen atoms in total. The van der Waals surface area contributed by atoms with Crippen molar-refractivity contribution in [2.45, 2.75) is 44.9 Å². The highest BCUT2D eigenvalue weighted by Crippen LogP contribution is 2.32. The minimum absolute atomic E-state index is 0.173. The molecule has 1 fully saturated rings. The zero-order valence-electron chi connectivity index (χ0n) is 18.0. The van der Waals surface area contributed by atoms with E-state index in [0.717, 1.165) is 37.7 Å². The molecule has 0 unspecified atom stereocenters. The van der Waals surface area contributed by atoms with Gasteiger partial charge in [-0.3, -0.25) is 4.99 Å². The fourth-order valence-corrected chi connectivity index (χ4v) is 3.82. The van der Waals surface area contributed by atoms with E-state index in [0.29, 0.717) is 47.8 Å². The lowest BCUT2D eigenvalue weighted by atomic mass is 10.2. The number of hydrogen-bond acceptors (Lipinski definition) is 7. The number of imidazole rings is 1. The average Bonchev–Trinajstić information content (AvgIpc) is 3.33. The van der Waals surface area contributed by atoms with Gasteiger partial charge in [-0.25, -0.2) is 19.3 Å². The summed E-state index contributed by atoms with van der Waals surface area (Å²) < 4.78 is 19.8. The van der Waals surface area contributed by atoms with Crippen LogP contribution in [0.4, 0.5) is 10.2 Å². The van der Waals surface area contributed by atoms with E-state index in [4.69, 9.17) is 4.42 Å². The van der Waals surface area contributed by atoms with Crippen LogP contribution in [-0.2, 0) is 19.3 Å². The van der Waals surface area contributed by atoms with Gasteiger partial charge in [-0.15, -0.1) is 0 Å². The van der Waals surface area contributed by atoms with Crippen molar-refractivity contribution in [1.29, 1.82) is 0 Å². The summed E-state index contributed by atoms with van der Waals surface area (Å²) in [6.07, 6.45) is 11.8. The molecule has 168 valence electrons. The van der Waals surface area contributed by atoms with Crippen molar-refractivity contribution in [3.05, 3.63) is 47.4 Å². The van der Waals surface area contributed by atoms with Crippen molar-refractivity contribution in [2.24, 2.45) is 10.9 Å². The number of halogens is 1. The quantitative estimate of drug-likeness (QED) is 0.395. The van der Waals surface area contributed by atoms with Crippen LogP contribution in [0, 0.1) is 5.92 Å². The van der Waals surface area contributed by atoms with Gasteiger partial charge < -0.3 is 20.0 Å². The number of rotatable bonds is 11. The van der Waals surface area contributed by atoms with Gasteiger partial charge in [-0.05, 0) is 31.6 Å². The Morgan fingerprint density at radius 1 is 1.19 bits per heavy atom. The normalized spacial score (nSPS) is 16.3. The summed E-state index contributed by atoms with van der Waals surface area (Å²) in [5.74, 6) is 2.95. The topological polar surface area (TPSA) is 104 Å². The van der Waals surface area contributed by atoms with Crippen LogP contribution in [-0.4, -0.2) is 45.8 Å². The first-order chi connectivity index (χ1) is 15.7. The molecular weight excluding hydrogens is 409 g/mol. The zero-order chi connectivity index (χ0) is 21.8. The number of aromatic nitrogens is 4. The third kappa shape index (κ3) is 5.21. The lowest BCUT2D eigenvalue weighted by Gasteiger charge is -2.10. The number of H-pyrrole nitrogens is 1. The van der Waals surface area contributed by atoms with Crippen LogP contribution in [0.15, 0.2) is 39.4 Å². The number of pyridine rings is 1. The minimum atomic E-state index is -0.173. The van der Waals surface area contributed by atoms with E-state index in [9.17, 15) is 4.39 Å². The molecule has 32 heavy (non-hydrogen) atoms. The van der Waals surface area contributed by atoms with E-state index < -0.39 is 0 Å². The van der Waals surface area contributed by atoms with E-state index in [2.05, 4.69) is 35.6 Å². The molecule has 0 aromatic carbocycles. The Balaban J connectivity index is 1.10. The lowest BCUT2D eigenvalue weighted by Crippen LogP contribution is -2.20. The number of hydrogen-bond donors (Lipinski definition) is 3. The molecule has 5 rings (SSSR count). The molecule has 4 heterocycles. The first kappa shape index (κ1) is 20.8. The third-order valence-corrected chi connectivity index (χ3v) is 5.77. The predicted molar refractivity (Wildman–Crippen MR) is 121 cm³/mol. The van der Waals surface area contributed by atoms with E-state index in [1.807, 2.05) is 6.20 Å². The molecule has 0 radical (unpaired) electrons. The smallest absolute Gasteiger partial charge is 0.196 e. The summed E-state index contributed by atoms with van der Waals surface area (Å²) in [7, 11) is 0. The minimum Gasteiger partial charge on any atom is -0.440 e. The predicted octanol–water partition coefficient (Wildman–Crippen LogP) is 3.73. The van der Waals surface area contributed by atoms with Crippen molar-refractivity contribution >= 4 is 23.1 Å². The van der Waals surface area contributed by atoms with Crippen LogP contribution in [0.25, 0.3) is 11.1 Å². The molecule has 3 aromatic heterocycles. The van der Waals surface area contributed by atoms with Gasteiger partial charge in [-0.2, -0.15) is 0 Å². The fraction of sp³-hybridized carbons (Fsp3) is 0.478. The number of allylic oxidation sites excluding steroid dienone is 1. The first-order valence-electron chi connectivity index (χ1n) is 11.4. The van der Waals surface area contributed by atoms with Gasteiger partial charge in [0.15, 0.2) is 22.8 Å². The van der Waals surface area contributed by atoms with Crippen molar-refractivity contribution < 1.29 is 8.81 Å². The van der Waals surface area contributed by atoms with Crippen molar-refractivity contribution in [2.75, 3.05) is 25.0 Å². The molecule has 0 atom stereocenters. The second kappa shape index (κ2) is 9.60. The standard InChI is InChI=1S/C23H28FN7O/c24-17-2-1-8-26-18(17)14-29-23-22-19(5-11-27-23)32-21(31-22)7-10-25-9-6-20-28-13-16(30-20)12-15-3-4-15/h5,8,11,13,15,25H,1-4,6-7,9-10,12,14H2,(H,27,29)(H,28,30). The lowest BCUT2D eigenvalue weighted by molar-refractivity contribution is 0.514. The van der Waals surface area contributed by atoms with Crippen LogP contribution in [0.1, 0.15) is 43.1 Å². The summed E-state index contributed by atoms with van der Waals surface area (Å²) in [5, 5.41) is 6.56. The number of oxazole rings is 1. The van der Waals surface area contributed by atoms with Gasteiger partial charge in [0.2, 0.25) is 0 Å². The van der Waals surface area contributed by atoms with Gasteiger partial charge in [-0.1, -0.05) is 0 Å². The maximum Gasteiger partial charge on any atom is 0.196 e. The number of aromatic amines is 1. The zero-order valence-corrected chi connectivity index (χ0v) is 18.0. The first-order valence-corrected chi connectivity index (χ1v) is 11.4. The third-order valence-electron chi connectivity index (χ3n) is 5.77. The van der Waals surface area contributed by atoms with Crippen LogP contribution in [0.5, 0.6) is 0 Å². The summed E-state index contributed by atoms with van der Waals surface area (Å²) in [4.78, 5) is 21.0. The van der Waals surface area contributed by atoms with E-state index in [1.165, 1.54) is 18.5 Å². The number of nitrogens with one attached hydrogen (secondary N) is 3. The van der Waals surface area contributed by atoms with E-state index >= 15 is 0 Å². The van der Waals surface area contributed by atoms with Gasteiger partial charge >= 0.3 is 0 Å². The molecule has 1 aliphatic heterocycles. The Bertz CT molecular complexity index is 1130. The van der Waals surface area contributed by atoms with Gasteiger partial charge in [0, 0.05) is 62.7 Å².